The Morgan fingerprint density at radius 1 is 1.08 bits per heavy atom. The summed E-state index contributed by atoms with van der Waals surface area (Å²) in [7, 11) is 3.89. The fourth-order valence-corrected chi connectivity index (χ4v) is 9.68. The average molecular weight is 873 g/mol. The lowest BCUT2D eigenvalue weighted by Gasteiger charge is -2.48. The average Bonchev–Trinajstić information content (AvgIpc) is 3.64. The predicted molar refractivity (Wildman–Crippen MR) is 226 cm³/mol. The van der Waals surface area contributed by atoms with E-state index >= 15 is 0 Å². The van der Waals surface area contributed by atoms with Crippen LogP contribution in [0.15, 0.2) is 23.5 Å². The number of hydrogen-bond donors (Lipinski definition) is 2. The van der Waals surface area contributed by atoms with Gasteiger partial charge in [-0.3, -0.25) is 19.4 Å². The van der Waals surface area contributed by atoms with Gasteiger partial charge in [-0.1, -0.05) is 32.9 Å². The summed E-state index contributed by atoms with van der Waals surface area (Å²) >= 11 is 1.16. The van der Waals surface area contributed by atoms with E-state index in [0.29, 0.717) is 17.1 Å². The van der Waals surface area contributed by atoms with Crippen LogP contribution in [0.2, 0.25) is 0 Å². The molecule has 2 aromatic rings. The van der Waals surface area contributed by atoms with Gasteiger partial charge in [-0.05, 0) is 91.6 Å². The molecule has 18 heteroatoms. The van der Waals surface area contributed by atoms with Crippen molar-refractivity contribution >= 4 is 46.5 Å². The molecule has 0 unspecified atom stereocenters. The molecule has 2 bridgehead atoms. The maximum Gasteiger partial charge on any atom is 0.316 e. The fourth-order valence-electron chi connectivity index (χ4n) is 9.10. The van der Waals surface area contributed by atoms with Gasteiger partial charge in [0.25, 0.3) is 0 Å². The number of nitrogens with zero attached hydrogens (tertiary/aromatic N) is 5. The Labute approximate surface area is 362 Å². The van der Waals surface area contributed by atoms with Gasteiger partial charge in [0.1, 0.15) is 39.9 Å². The van der Waals surface area contributed by atoms with E-state index in [1.807, 2.05) is 32.0 Å². The second-order valence-electron chi connectivity index (χ2n) is 17.7. The van der Waals surface area contributed by atoms with Gasteiger partial charge < -0.3 is 49.1 Å². The molecule has 0 aromatic carbocycles. The topological polar surface area (TPSA) is 224 Å². The first-order valence-corrected chi connectivity index (χ1v) is 21.9. The minimum atomic E-state index is -1.89. The number of Topliss-reactive ketones (excluding diaryl/α,β-unsaturated/α-hetero) is 3. The number of ketones is 3. The highest BCUT2D eigenvalue weighted by Crippen LogP contribution is 2.41. The number of hydrogen-bond acceptors (Lipinski definition) is 18. The van der Waals surface area contributed by atoms with E-state index in [1.54, 1.807) is 46.9 Å². The fraction of sp³-hybridized carbons (Fsp3) is 0.721. The van der Waals surface area contributed by atoms with Crippen LogP contribution >= 0.6 is 11.5 Å². The minimum absolute atomic E-state index is 0.0306. The van der Waals surface area contributed by atoms with Crippen LogP contribution in [0.5, 0.6) is 0 Å². The molecule has 0 aliphatic carbocycles. The van der Waals surface area contributed by atoms with Gasteiger partial charge in [-0.25, -0.2) is 0 Å². The number of aromatic nitrogens is 3. The third-order valence-electron chi connectivity index (χ3n) is 12.4. The SMILES string of the molecule is CC[C@H]1OC(=O)[C@H](C)C(=O)[C@H](C)[C@@H](O[C@@H]2O[C@H](C)C[C@H](N(C)C)[C@H]2CC(C)=O)[C@@]2(C)C[C@@H](C)C(=O)[C@H](C)[C@@H](OC/C(=N\OCc3ccc(-c4nc(N)ns4)cn3)CO2)[C@]1(C)O. The normalized spacial score (nSPS) is 36.5. The highest BCUT2D eigenvalue weighted by Gasteiger charge is 2.53. The number of nitrogens with two attached hydrogens (primary N) is 1. The molecule has 0 saturated carbocycles. The van der Waals surface area contributed by atoms with Gasteiger partial charge in [-0.15, -0.1) is 0 Å². The molecule has 13 atom stereocenters. The molecule has 5 rings (SSSR count). The van der Waals surface area contributed by atoms with Crippen molar-refractivity contribution in [1.82, 2.24) is 19.2 Å². The first kappa shape index (κ1) is 48.3. The van der Waals surface area contributed by atoms with Gasteiger partial charge in [0, 0.05) is 47.9 Å². The van der Waals surface area contributed by atoms with Gasteiger partial charge in [0.05, 0.1) is 42.8 Å². The Kier molecular flexibility index (Phi) is 15.9. The molecule has 3 saturated heterocycles. The number of oxime groups is 1. The van der Waals surface area contributed by atoms with Crippen LogP contribution in [0.25, 0.3) is 10.6 Å². The van der Waals surface area contributed by atoms with Crippen molar-refractivity contribution in [3.63, 3.8) is 0 Å². The van der Waals surface area contributed by atoms with Crippen molar-refractivity contribution in [2.24, 2.45) is 34.7 Å². The highest BCUT2D eigenvalue weighted by molar-refractivity contribution is 7.09. The van der Waals surface area contributed by atoms with E-state index in [-0.39, 0.29) is 74.5 Å². The molecule has 3 aliphatic rings. The van der Waals surface area contributed by atoms with Crippen LogP contribution in [0.1, 0.15) is 93.7 Å². The summed E-state index contributed by atoms with van der Waals surface area (Å²) in [5, 5.41) is 17.3. The number of cyclic esters (lactones) is 1. The van der Waals surface area contributed by atoms with E-state index in [1.165, 1.54) is 20.8 Å². The molecule has 2 aromatic heterocycles. The quantitative estimate of drug-likeness (QED) is 0.191. The number of fused-ring (bicyclic) bond motifs is 5. The molecule has 17 nitrogen and oxygen atoms in total. The Morgan fingerprint density at radius 3 is 2.41 bits per heavy atom. The summed E-state index contributed by atoms with van der Waals surface area (Å²) in [6.45, 7) is 14.6. The highest BCUT2D eigenvalue weighted by atomic mass is 32.1. The third-order valence-corrected chi connectivity index (χ3v) is 13.2. The van der Waals surface area contributed by atoms with Gasteiger partial charge in [0.15, 0.2) is 18.7 Å². The first-order chi connectivity index (χ1) is 28.7. The van der Waals surface area contributed by atoms with Gasteiger partial charge in [0.2, 0.25) is 5.95 Å². The Morgan fingerprint density at radius 2 is 1.80 bits per heavy atom. The summed E-state index contributed by atoms with van der Waals surface area (Å²) in [6.07, 6.45) is -2.04. The zero-order chi connectivity index (χ0) is 45.0. The number of pyridine rings is 1. The standard InChI is InChI=1S/C43H64N6O11S/c1-12-33-43(9,54)37-25(5)34(51)22(2)17-42(8,56-20-30(19-55-37)47-57-21-29-14-13-28(18-45-29)38-46-41(44)48-61-38)36(26(6)35(52)27(7)39(53)59-33)60-40-31(15-23(3)50)32(49(10)11)16-24(4)58-40/h13-14,18,22,24-27,31-33,36-37,40,54H,12,15-17,19-21H2,1-11H3,(H2,44,48)/b47-30+/t22-,24-,25+,26+,27-,31-,32+,33-,36-,37-,40+,42-,43-/m1/s1. The molecule has 0 radical (unpaired) electrons. The summed E-state index contributed by atoms with van der Waals surface area (Å²) in [5.41, 5.74) is 3.94. The number of ether oxygens (including phenoxy) is 5. The number of carbonyl (C=O) groups excluding carboxylic acids is 4. The van der Waals surface area contributed by atoms with E-state index in [9.17, 15) is 24.3 Å². The predicted octanol–water partition coefficient (Wildman–Crippen LogP) is 4.43. The number of carbonyl (C=O) groups is 4. The van der Waals surface area contributed by atoms with Crippen LogP contribution in [-0.4, -0.2) is 129 Å². The number of anilines is 1. The molecule has 3 fully saturated rings. The van der Waals surface area contributed by atoms with Gasteiger partial charge >= 0.3 is 5.97 Å². The third kappa shape index (κ3) is 11.2. The van der Waals surface area contributed by atoms with Crippen LogP contribution in [-0.2, 0) is 54.3 Å². The molecule has 3 N–H and O–H groups in total. The summed E-state index contributed by atoms with van der Waals surface area (Å²) in [5.74, 6) is -5.75. The smallest absolute Gasteiger partial charge is 0.316 e. The minimum Gasteiger partial charge on any atom is -0.459 e. The lowest BCUT2D eigenvalue weighted by molar-refractivity contribution is -0.284. The zero-order valence-corrected chi connectivity index (χ0v) is 38.1. The Bertz CT molecular complexity index is 1890. The number of aliphatic hydroxyl groups is 1. The second-order valence-corrected chi connectivity index (χ2v) is 18.5. The molecular weight excluding hydrogens is 809 g/mol. The van der Waals surface area contributed by atoms with Crippen molar-refractivity contribution < 1.29 is 52.8 Å². The first-order valence-electron chi connectivity index (χ1n) is 21.1. The largest absolute Gasteiger partial charge is 0.459 e. The molecule has 0 amide bonds. The summed E-state index contributed by atoms with van der Waals surface area (Å²) in [6, 6.07) is 3.48. The number of esters is 1. The van der Waals surface area contributed by atoms with Crippen molar-refractivity contribution in [2.75, 3.05) is 33.0 Å². The maximum absolute atomic E-state index is 14.6. The van der Waals surface area contributed by atoms with E-state index in [0.717, 1.165) is 17.1 Å². The molecular formula is C43H64N6O11S. The molecule has 61 heavy (non-hydrogen) atoms. The lowest BCUT2D eigenvalue weighted by Crippen LogP contribution is -2.59. The monoisotopic (exact) mass is 872 g/mol. The van der Waals surface area contributed by atoms with E-state index in [2.05, 4.69) is 19.5 Å². The van der Waals surface area contributed by atoms with Crippen LogP contribution < -0.4 is 5.73 Å². The van der Waals surface area contributed by atoms with Crippen LogP contribution in [0, 0.1) is 29.6 Å². The van der Waals surface area contributed by atoms with Crippen molar-refractivity contribution in [3.05, 3.63) is 24.0 Å². The molecule has 5 heterocycles. The van der Waals surface area contributed by atoms with Crippen LogP contribution in [0.4, 0.5) is 5.95 Å². The second kappa shape index (κ2) is 20.2. The molecule has 0 spiro atoms. The van der Waals surface area contributed by atoms with E-state index < -0.39 is 77.1 Å². The van der Waals surface area contributed by atoms with Crippen LogP contribution in [0.3, 0.4) is 0 Å². The number of rotatable bonds is 10. The van der Waals surface area contributed by atoms with Gasteiger partial charge in [-0.2, -0.15) is 9.36 Å². The summed E-state index contributed by atoms with van der Waals surface area (Å²) < 4.78 is 36.7. The van der Waals surface area contributed by atoms with Crippen molar-refractivity contribution in [3.8, 4) is 10.6 Å². The van der Waals surface area contributed by atoms with Crippen molar-refractivity contribution in [1.29, 1.82) is 0 Å². The molecule has 338 valence electrons. The lowest BCUT2D eigenvalue weighted by atomic mass is 9.74. The Balaban J connectivity index is 1.59. The maximum atomic E-state index is 14.6. The van der Waals surface area contributed by atoms with Crippen molar-refractivity contribution in [2.45, 2.75) is 143 Å². The van der Waals surface area contributed by atoms with E-state index in [4.69, 9.17) is 34.3 Å². The summed E-state index contributed by atoms with van der Waals surface area (Å²) in [4.78, 5) is 72.2. The number of nitrogen functional groups attached to an aromatic ring is 1. The Hall–Kier alpha value is -3.78. The molecule has 3 aliphatic heterocycles. The zero-order valence-electron chi connectivity index (χ0n) is 37.3.